The standard InChI is InChI=1S/C13H25NO3/c1-4-6-7-12(13(15)16-3)14-8-9-17-11(5-2)10-14/h11-12H,4-10H2,1-3H3. The van der Waals surface area contributed by atoms with Crippen LogP contribution in [0.2, 0.25) is 0 Å². The Morgan fingerprint density at radius 1 is 1.53 bits per heavy atom. The fourth-order valence-corrected chi connectivity index (χ4v) is 2.26. The average molecular weight is 243 g/mol. The highest BCUT2D eigenvalue weighted by Crippen LogP contribution is 2.16. The molecule has 1 aliphatic heterocycles. The molecule has 4 nitrogen and oxygen atoms in total. The monoisotopic (exact) mass is 243 g/mol. The lowest BCUT2D eigenvalue weighted by Gasteiger charge is -2.36. The molecular formula is C13H25NO3. The van der Waals surface area contributed by atoms with Crippen molar-refractivity contribution in [1.29, 1.82) is 0 Å². The van der Waals surface area contributed by atoms with Gasteiger partial charge >= 0.3 is 5.97 Å². The summed E-state index contributed by atoms with van der Waals surface area (Å²) in [7, 11) is 1.47. The third-order valence-corrected chi connectivity index (χ3v) is 3.37. The molecule has 0 aromatic carbocycles. The van der Waals surface area contributed by atoms with Crippen LogP contribution in [-0.4, -0.2) is 49.8 Å². The third-order valence-electron chi connectivity index (χ3n) is 3.37. The van der Waals surface area contributed by atoms with Gasteiger partial charge in [-0.3, -0.25) is 9.69 Å². The lowest BCUT2D eigenvalue weighted by Crippen LogP contribution is -2.50. The molecule has 0 spiro atoms. The van der Waals surface area contributed by atoms with Gasteiger partial charge < -0.3 is 9.47 Å². The number of methoxy groups -OCH3 is 1. The van der Waals surface area contributed by atoms with Crippen molar-refractivity contribution in [2.24, 2.45) is 0 Å². The van der Waals surface area contributed by atoms with Crippen LogP contribution in [0.5, 0.6) is 0 Å². The molecule has 2 atom stereocenters. The summed E-state index contributed by atoms with van der Waals surface area (Å²) >= 11 is 0. The lowest BCUT2D eigenvalue weighted by atomic mass is 10.1. The van der Waals surface area contributed by atoms with Crippen LogP contribution < -0.4 is 0 Å². The average Bonchev–Trinajstić information content (AvgIpc) is 2.39. The number of unbranched alkanes of at least 4 members (excludes halogenated alkanes) is 1. The van der Waals surface area contributed by atoms with Crippen LogP contribution in [0.25, 0.3) is 0 Å². The highest BCUT2D eigenvalue weighted by atomic mass is 16.5. The second kappa shape index (κ2) is 7.67. The summed E-state index contributed by atoms with van der Waals surface area (Å²) in [5.74, 6) is -0.102. The molecule has 2 unspecified atom stereocenters. The topological polar surface area (TPSA) is 38.8 Å². The van der Waals surface area contributed by atoms with Crippen LogP contribution in [0.15, 0.2) is 0 Å². The normalized spacial score (nSPS) is 23.4. The minimum Gasteiger partial charge on any atom is -0.468 e. The summed E-state index contributed by atoms with van der Waals surface area (Å²) in [5.41, 5.74) is 0. The van der Waals surface area contributed by atoms with Crippen molar-refractivity contribution in [3.8, 4) is 0 Å². The third kappa shape index (κ3) is 4.28. The largest absolute Gasteiger partial charge is 0.468 e. The number of carbonyl (C=O) groups excluding carboxylic acids is 1. The highest BCUT2D eigenvalue weighted by Gasteiger charge is 2.30. The number of nitrogens with zero attached hydrogens (tertiary/aromatic N) is 1. The van der Waals surface area contributed by atoms with Crippen LogP contribution in [0, 0.1) is 0 Å². The Labute approximate surface area is 104 Å². The molecule has 4 heteroatoms. The second-order valence-electron chi connectivity index (χ2n) is 4.58. The quantitative estimate of drug-likeness (QED) is 0.667. The first-order valence-electron chi connectivity index (χ1n) is 6.66. The zero-order valence-electron chi connectivity index (χ0n) is 11.3. The molecule has 17 heavy (non-hydrogen) atoms. The Balaban J connectivity index is 2.57. The second-order valence-corrected chi connectivity index (χ2v) is 4.58. The fraction of sp³-hybridized carbons (Fsp3) is 0.923. The zero-order chi connectivity index (χ0) is 12.7. The van der Waals surface area contributed by atoms with Gasteiger partial charge in [0.05, 0.1) is 19.8 Å². The molecule has 0 aliphatic carbocycles. The molecule has 0 saturated carbocycles. The van der Waals surface area contributed by atoms with Gasteiger partial charge in [0, 0.05) is 13.1 Å². The van der Waals surface area contributed by atoms with Crippen molar-refractivity contribution >= 4 is 5.97 Å². The summed E-state index contributed by atoms with van der Waals surface area (Å²) in [6.45, 7) is 6.66. The molecule has 0 aromatic heterocycles. The predicted octanol–water partition coefficient (Wildman–Crippen LogP) is 1.83. The van der Waals surface area contributed by atoms with E-state index in [0.717, 1.165) is 45.4 Å². The van der Waals surface area contributed by atoms with Gasteiger partial charge in [-0.2, -0.15) is 0 Å². The summed E-state index contributed by atoms with van der Waals surface area (Å²) in [6.07, 6.45) is 4.32. The first-order valence-corrected chi connectivity index (χ1v) is 6.66. The summed E-state index contributed by atoms with van der Waals surface area (Å²) in [5, 5.41) is 0. The van der Waals surface area contributed by atoms with Gasteiger partial charge in [0.2, 0.25) is 0 Å². The number of morpholine rings is 1. The van der Waals surface area contributed by atoms with E-state index in [1.54, 1.807) is 0 Å². The minimum absolute atomic E-state index is 0.0853. The summed E-state index contributed by atoms with van der Waals surface area (Å²) in [4.78, 5) is 14.0. The Morgan fingerprint density at radius 3 is 2.88 bits per heavy atom. The lowest BCUT2D eigenvalue weighted by molar-refractivity contribution is -0.150. The number of ether oxygens (including phenoxy) is 2. The fourth-order valence-electron chi connectivity index (χ4n) is 2.26. The van der Waals surface area contributed by atoms with Crippen LogP contribution in [0.4, 0.5) is 0 Å². The van der Waals surface area contributed by atoms with Crippen molar-refractivity contribution in [2.75, 3.05) is 26.8 Å². The maximum absolute atomic E-state index is 11.8. The Morgan fingerprint density at radius 2 is 2.29 bits per heavy atom. The van der Waals surface area contributed by atoms with Gasteiger partial charge in [0.25, 0.3) is 0 Å². The van der Waals surface area contributed by atoms with E-state index in [9.17, 15) is 4.79 Å². The van der Waals surface area contributed by atoms with Gasteiger partial charge in [-0.05, 0) is 12.8 Å². The summed E-state index contributed by atoms with van der Waals surface area (Å²) in [6, 6.07) is -0.0853. The van der Waals surface area contributed by atoms with Gasteiger partial charge in [0.1, 0.15) is 6.04 Å². The highest BCUT2D eigenvalue weighted by molar-refractivity contribution is 5.75. The molecule has 0 aromatic rings. The smallest absolute Gasteiger partial charge is 0.323 e. The minimum atomic E-state index is -0.102. The predicted molar refractivity (Wildman–Crippen MR) is 66.9 cm³/mol. The molecule has 0 N–H and O–H groups in total. The first kappa shape index (κ1) is 14.5. The number of hydrogen-bond donors (Lipinski definition) is 0. The molecule has 1 saturated heterocycles. The van der Waals surface area contributed by atoms with Crippen molar-refractivity contribution < 1.29 is 14.3 Å². The zero-order valence-corrected chi connectivity index (χ0v) is 11.3. The first-order chi connectivity index (χ1) is 8.22. The molecule has 100 valence electrons. The van der Waals surface area contributed by atoms with Crippen LogP contribution in [0.3, 0.4) is 0 Å². The van der Waals surface area contributed by atoms with E-state index < -0.39 is 0 Å². The molecule has 0 radical (unpaired) electrons. The van der Waals surface area contributed by atoms with Crippen LogP contribution in [0.1, 0.15) is 39.5 Å². The van der Waals surface area contributed by atoms with E-state index >= 15 is 0 Å². The van der Waals surface area contributed by atoms with E-state index in [4.69, 9.17) is 9.47 Å². The number of carbonyl (C=O) groups is 1. The molecule has 0 amide bonds. The van der Waals surface area contributed by atoms with Crippen molar-refractivity contribution in [1.82, 2.24) is 4.90 Å². The maximum atomic E-state index is 11.8. The van der Waals surface area contributed by atoms with E-state index in [1.807, 2.05) is 0 Å². The Hall–Kier alpha value is -0.610. The van der Waals surface area contributed by atoms with E-state index in [2.05, 4.69) is 18.7 Å². The molecule has 1 heterocycles. The van der Waals surface area contributed by atoms with Crippen molar-refractivity contribution in [2.45, 2.75) is 51.7 Å². The molecule has 0 bridgehead atoms. The van der Waals surface area contributed by atoms with Crippen LogP contribution >= 0.6 is 0 Å². The molecule has 1 aliphatic rings. The van der Waals surface area contributed by atoms with Gasteiger partial charge in [-0.15, -0.1) is 0 Å². The Bertz CT molecular complexity index is 233. The van der Waals surface area contributed by atoms with Crippen molar-refractivity contribution in [3.63, 3.8) is 0 Å². The van der Waals surface area contributed by atoms with Crippen molar-refractivity contribution in [3.05, 3.63) is 0 Å². The maximum Gasteiger partial charge on any atom is 0.323 e. The molecule has 1 fully saturated rings. The summed E-state index contributed by atoms with van der Waals surface area (Å²) < 4.78 is 10.5. The number of hydrogen-bond acceptors (Lipinski definition) is 4. The number of rotatable bonds is 6. The van der Waals surface area contributed by atoms with Crippen LogP contribution in [-0.2, 0) is 14.3 Å². The van der Waals surface area contributed by atoms with Gasteiger partial charge in [-0.1, -0.05) is 26.7 Å². The van der Waals surface area contributed by atoms with E-state index in [1.165, 1.54) is 7.11 Å². The SMILES string of the molecule is CCCCC(C(=O)OC)N1CCOC(CC)C1. The molecular weight excluding hydrogens is 218 g/mol. The number of esters is 1. The van der Waals surface area contributed by atoms with E-state index in [0.29, 0.717) is 0 Å². The van der Waals surface area contributed by atoms with Gasteiger partial charge in [0.15, 0.2) is 0 Å². The molecule has 1 rings (SSSR count). The van der Waals surface area contributed by atoms with Gasteiger partial charge in [-0.25, -0.2) is 0 Å². The Kier molecular flexibility index (Phi) is 6.52. The van der Waals surface area contributed by atoms with E-state index in [-0.39, 0.29) is 18.1 Å².